The van der Waals surface area contributed by atoms with Crippen molar-refractivity contribution in [1.29, 1.82) is 0 Å². The number of ether oxygens (including phenoxy) is 1. The third kappa shape index (κ3) is 6.59. The fraction of sp³-hybridized carbons (Fsp3) is 0.421. The van der Waals surface area contributed by atoms with Gasteiger partial charge in [0.2, 0.25) is 0 Å². The fourth-order valence-electron chi connectivity index (χ4n) is 2.55. The number of hydrogen-bond donors (Lipinski definition) is 1. The van der Waals surface area contributed by atoms with Crippen molar-refractivity contribution >= 4 is 5.97 Å². The minimum absolute atomic E-state index is 0.463. The summed E-state index contributed by atoms with van der Waals surface area (Å²) in [4.78, 5) is 13.0. The Labute approximate surface area is 138 Å². The summed E-state index contributed by atoms with van der Waals surface area (Å²) in [7, 11) is 0. The molecule has 1 aliphatic rings. The maximum Gasteiger partial charge on any atom is 0.333 e. The minimum atomic E-state index is -0.822. The van der Waals surface area contributed by atoms with Gasteiger partial charge in [-0.25, -0.2) is 4.79 Å². The number of unbranched alkanes of at least 4 members (excludes halogenated alkanes) is 4. The van der Waals surface area contributed by atoms with Crippen LogP contribution < -0.4 is 4.74 Å². The first-order valence-corrected chi connectivity index (χ1v) is 8.28. The number of carbonyl (C=O) groups is 1. The van der Waals surface area contributed by atoms with Crippen LogP contribution in [0.3, 0.4) is 0 Å². The zero-order valence-corrected chi connectivity index (χ0v) is 13.5. The lowest BCUT2D eigenvalue weighted by atomic mass is 10.1. The molecule has 0 amide bonds. The molecular formula is C19H25NO3. The van der Waals surface area contributed by atoms with E-state index in [-0.39, 0.29) is 0 Å². The molecule has 0 unspecified atom stereocenters. The summed E-state index contributed by atoms with van der Waals surface area (Å²) in [5.41, 5.74) is 0.463. The van der Waals surface area contributed by atoms with Crippen LogP contribution in [0.1, 0.15) is 32.1 Å². The highest BCUT2D eigenvalue weighted by Crippen LogP contribution is 2.12. The van der Waals surface area contributed by atoms with E-state index in [2.05, 4.69) is 4.90 Å². The Kier molecular flexibility index (Phi) is 7.24. The van der Waals surface area contributed by atoms with Crippen molar-refractivity contribution in [2.75, 3.05) is 19.7 Å². The molecule has 1 aromatic rings. The summed E-state index contributed by atoms with van der Waals surface area (Å²) in [6, 6.07) is 9.90. The zero-order chi connectivity index (χ0) is 16.3. The molecule has 1 aromatic carbocycles. The lowest BCUT2D eigenvalue weighted by Gasteiger charge is -2.22. The smallest absolute Gasteiger partial charge is 0.333 e. The quantitative estimate of drug-likeness (QED) is 0.666. The first kappa shape index (κ1) is 17.1. The van der Waals surface area contributed by atoms with Gasteiger partial charge in [-0.15, -0.1) is 0 Å². The van der Waals surface area contributed by atoms with Crippen LogP contribution in [0.2, 0.25) is 0 Å². The molecule has 0 bridgehead atoms. The highest BCUT2D eigenvalue weighted by Gasteiger charge is 2.12. The maximum absolute atomic E-state index is 10.9. The van der Waals surface area contributed by atoms with Gasteiger partial charge in [-0.2, -0.15) is 0 Å². The number of hydrogen-bond acceptors (Lipinski definition) is 3. The number of carboxylic acids is 1. The van der Waals surface area contributed by atoms with Gasteiger partial charge in [0, 0.05) is 13.1 Å². The Morgan fingerprint density at radius 3 is 2.61 bits per heavy atom. The predicted octanol–water partition coefficient (Wildman–Crippen LogP) is 3.86. The molecular weight excluding hydrogens is 290 g/mol. The Hall–Kier alpha value is -2.23. The zero-order valence-electron chi connectivity index (χ0n) is 13.5. The molecule has 0 saturated heterocycles. The van der Waals surface area contributed by atoms with Gasteiger partial charge in [0.15, 0.2) is 0 Å². The Morgan fingerprint density at radius 2 is 1.83 bits per heavy atom. The van der Waals surface area contributed by atoms with Crippen LogP contribution in [0, 0.1) is 0 Å². The number of benzene rings is 1. The molecule has 4 nitrogen and oxygen atoms in total. The monoisotopic (exact) mass is 315 g/mol. The van der Waals surface area contributed by atoms with Gasteiger partial charge >= 0.3 is 5.97 Å². The van der Waals surface area contributed by atoms with Crippen LogP contribution in [0.15, 0.2) is 54.3 Å². The van der Waals surface area contributed by atoms with E-state index in [0.717, 1.165) is 31.7 Å². The van der Waals surface area contributed by atoms with Crippen molar-refractivity contribution in [3.05, 3.63) is 54.3 Å². The minimum Gasteiger partial charge on any atom is -0.494 e. The highest BCUT2D eigenvalue weighted by atomic mass is 16.5. The third-order valence-electron chi connectivity index (χ3n) is 3.84. The summed E-state index contributed by atoms with van der Waals surface area (Å²) >= 11 is 0. The van der Waals surface area contributed by atoms with Crippen LogP contribution in [-0.4, -0.2) is 35.7 Å². The van der Waals surface area contributed by atoms with Crippen molar-refractivity contribution in [2.24, 2.45) is 0 Å². The second kappa shape index (κ2) is 9.72. The highest BCUT2D eigenvalue weighted by molar-refractivity contribution is 5.87. The molecule has 0 fully saturated rings. The number of rotatable bonds is 10. The van der Waals surface area contributed by atoms with Crippen LogP contribution in [-0.2, 0) is 4.79 Å². The van der Waals surface area contributed by atoms with Crippen molar-refractivity contribution in [3.8, 4) is 5.75 Å². The van der Waals surface area contributed by atoms with Crippen molar-refractivity contribution in [2.45, 2.75) is 32.1 Å². The molecule has 0 radical (unpaired) electrons. The second-order valence-corrected chi connectivity index (χ2v) is 5.74. The van der Waals surface area contributed by atoms with Gasteiger partial charge in [0.05, 0.1) is 12.2 Å². The van der Waals surface area contributed by atoms with E-state index in [0.29, 0.717) is 12.1 Å². The lowest BCUT2D eigenvalue weighted by Crippen LogP contribution is -2.26. The molecule has 2 rings (SSSR count). The van der Waals surface area contributed by atoms with E-state index < -0.39 is 5.97 Å². The average Bonchev–Trinajstić information content (AvgIpc) is 2.58. The van der Waals surface area contributed by atoms with E-state index >= 15 is 0 Å². The van der Waals surface area contributed by atoms with Crippen molar-refractivity contribution in [3.63, 3.8) is 0 Å². The summed E-state index contributed by atoms with van der Waals surface area (Å²) in [6.07, 6.45) is 11.2. The van der Waals surface area contributed by atoms with E-state index in [4.69, 9.17) is 9.84 Å². The number of allylic oxidation sites excluding steroid dienone is 2. The number of nitrogens with zero attached hydrogens (tertiary/aromatic N) is 1. The van der Waals surface area contributed by atoms with Crippen LogP contribution >= 0.6 is 0 Å². The maximum atomic E-state index is 10.9. The summed E-state index contributed by atoms with van der Waals surface area (Å²) in [5, 5.41) is 8.99. The molecule has 0 saturated carbocycles. The largest absolute Gasteiger partial charge is 0.494 e. The van der Waals surface area contributed by atoms with E-state index in [1.165, 1.54) is 19.3 Å². The van der Waals surface area contributed by atoms with E-state index in [1.54, 1.807) is 6.08 Å². The van der Waals surface area contributed by atoms with Crippen molar-refractivity contribution < 1.29 is 14.6 Å². The molecule has 0 spiro atoms. The van der Waals surface area contributed by atoms with E-state index in [9.17, 15) is 4.79 Å². The second-order valence-electron chi connectivity index (χ2n) is 5.74. The standard InChI is InChI=1S/C19H25NO3/c21-19(22)17-10-9-14-20(16-17)13-7-2-1-3-8-15-23-18-11-5-4-6-12-18/h4-6,9-12,14H,1-3,7-8,13,15-16H2,(H,21,22). The summed E-state index contributed by atoms with van der Waals surface area (Å²) in [6.45, 7) is 2.20. The first-order chi connectivity index (χ1) is 11.3. The van der Waals surface area contributed by atoms with Gasteiger partial charge in [0.1, 0.15) is 5.75 Å². The molecule has 0 aromatic heterocycles. The topological polar surface area (TPSA) is 49.8 Å². The molecule has 4 heteroatoms. The molecule has 1 aliphatic heterocycles. The third-order valence-corrected chi connectivity index (χ3v) is 3.84. The average molecular weight is 315 g/mol. The van der Waals surface area contributed by atoms with Crippen LogP contribution in [0.4, 0.5) is 0 Å². The molecule has 0 atom stereocenters. The molecule has 1 heterocycles. The van der Waals surface area contributed by atoms with Crippen molar-refractivity contribution in [1.82, 2.24) is 4.90 Å². The molecule has 23 heavy (non-hydrogen) atoms. The molecule has 124 valence electrons. The Balaban J connectivity index is 1.46. The van der Waals surface area contributed by atoms with Gasteiger partial charge in [-0.3, -0.25) is 0 Å². The Bertz CT molecular complexity index is 537. The fourth-order valence-corrected chi connectivity index (χ4v) is 2.55. The Morgan fingerprint density at radius 1 is 1.09 bits per heavy atom. The predicted molar refractivity (Wildman–Crippen MR) is 91.5 cm³/mol. The van der Waals surface area contributed by atoms with Gasteiger partial charge < -0.3 is 14.7 Å². The summed E-state index contributed by atoms with van der Waals surface area (Å²) < 4.78 is 5.66. The van der Waals surface area contributed by atoms with E-state index in [1.807, 2.05) is 42.6 Å². The normalized spacial score (nSPS) is 13.7. The summed E-state index contributed by atoms with van der Waals surface area (Å²) in [5.74, 6) is 0.115. The van der Waals surface area contributed by atoms with Gasteiger partial charge in [0.25, 0.3) is 0 Å². The van der Waals surface area contributed by atoms with Gasteiger partial charge in [-0.05, 0) is 43.3 Å². The first-order valence-electron chi connectivity index (χ1n) is 8.28. The number of carboxylic acid groups (broad SMARTS) is 1. The van der Waals surface area contributed by atoms with Crippen LogP contribution in [0.25, 0.3) is 0 Å². The van der Waals surface area contributed by atoms with Gasteiger partial charge in [-0.1, -0.05) is 37.5 Å². The lowest BCUT2D eigenvalue weighted by molar-refractivity contribution is -0.132. The van der Waals surface area contributed by atoms with Crippen LogP contribution in [0.5, 0.6) is 5.75 Å². The SMILES string of the molecule is O=C(O)C1=CC=CN(CCCCCCCOc2ccccc2)C1. The molecule has 0 aliphatic carbocycles. The number of para-hydroxylation sites is 1. The molecule has 1 N–H and O–H groups in total. The number of aliphatic carboxylic acids is 1.